The van der Waals surface area contributed by atoms with Gasteiger partial charge in [-0.2, -0.15) is 0 Å². The van der Waals surface area contributed by atoms with E-state index in [0.29, 0.717) is 29.8 Å². The summed E-state index contributed by atoms with van der Waals surface area (Å²) in [5.41, 5.74) is 1.54. The smallest absolute Gasteiger partial charge is 0.257 e. The first-order valence-electron chi connectivity index (χ1n) is 10.5. The standard InChI is InChI=1S/C26H22FNO6/c1-32-19-8-4-17(5-9-19)21-14-34-23-13-20(12-22(29)25(23)26(21)31)33-15-24(30)28-11-10-16-2-6-18(27)7-3-16/h2-9,12-14,29H,10-11,15H2,1H3,(H,28,30). The van der Waals surface area contributed by atoms with Gasteiger partial charge in [-0.1, -0.05) is 24.3 Å². The van der Waals surface area contributed by atoms with Crippen LogP contribution in [0.25, 0.3) is 22.1 Å². The Morgan fingerprint density at radius 1 is 1.06 bits per heavy atom. The lowest BCUT2D eigenvalue weighted by Crippen LogP contribution is -2.30. The molecule has 0 spiro atoms. The highest BCUT2D eigenvalue weighted by Gasteiger charge is 2.15. The Morgan fingerprint density at radius 2 is 1.79 bits per heavy atom. The number of hydrogen-bond donors (Lipinski definition) is 2. The van der Waals surface area contributed by atoms with E-state index in [-0.39, 0.29) is 40.8 Å². The van der Waals surface area contributed by atoms with E-state index in [1.165, 1.54) is 30.5 Å². The summed E-state index contributed by atoms with van der Waals surface area (Å²) >= 11 is 0. The van der Waals surface area contributed by atoms with E-state index in [1.807, 2.05) is 0 Å². The second-order valence-corrected chi connectivity index (χ2v) is 7.54. The van der Waals surface area contributed by atoms with Crippen LogP contribution in [0.1, 0.15) is 5.56 Å². The van der Waals surface area contributed by atoms with Crippen LogP contribution in [0, 0.1) is 5.82 Å². The molecule has 1 heterocycles. The number of methoxy groups -OCH3 is 1. The van der Waals surface area contributed by atoms with Gasteiger partial charge < -0.3 is 24.3 Å². The summed E-state index contributed by atoms with van der Waals surface area (Å²) in [6.45, 7) is 0.0718. The molecule has 7 nitrogen and oxygen atoms in total. The molecule has 0 radical (unpaired) electrons. The maximum atomic E-state index is 13.0. The van der Waals surface area contributed by atoms with Gasteiger partial charge in [0.05, 0.1) is 12.7 Å². The van der Waals surface area contributed by atoms with E-state index in [2.05, 4.69) is 5.32 Å². The highest BCUT2D eigenvalue weighted by Crippen LogP contribution is 2.30. The molecule has 3 aromatic carbocycles. The lowest BCUT2D eigenvalue weighted by Gasteiger charge is -2.10. The summed E-state index contributed by atoms with van der Waals surface area (Å²) in [5.74, 6) is -0.156. The van der Waals surface area contributed by atoms with Crippen molar-refractivity contribution >= 4 is 16.9 Å². The predicted octanol–water partition coefficient (Wildman–Crippen LogP) is 4.05. The third-order valence-corrected chi connectivity index (χ3v) is 5.25. The van der Waals surface area contributed by atoms with Crippen molar-refractivity contribution in [2.45, 2.75) is 6.42 Å². The first-order chi connectivity index (χ1) is 16.4. The fourth-order valence-corrected chi connectivity index (χ4v) is 3.46. The van der Waals surface area contributed by atoms with E-state index in [0.717, 1.165) is 5.56 Å². The van der Waals surface area contributed by atoms with Crippen molar-refractivity contribution in [3.63, 3.8) is 0 Å². The highest BCUT2D eigenvalue weighted by atomic mass is 19.1. The van der Waals surface area contributed by atoms with Crippen molar-refractivity contribution in [2.75, 3.05) is 20.3 Å². The topological polar surface area (TPSA) is 98.0 Å². The van der Waals surface area contributed by atoms with Crippen LogP contribution < -0.4 is 20.2 Å². The molecule has 0 atom stereocenters. The molecule has 0 aliphatic heterocycles. The summed E-state index contributed by atoms with van der Waals surface area (Å²) in [6, 6.07) is 15.6. The molecule has 0 fully saturated rings. The van der Waals surface area contributed by atoms with Crippen LogP contribution in [-0.2, 0) is 11.2 Å². The Kier molecular flexibility index (Phi) is 6.77. The van der Waals surface area contributed by atoms with Crippen molar-refractivity contribution in [3.8, 4) is 28.4 Å². The molecule has 174 valence electrons. The maximum Gasteiger partial charge on any atom is 0.257 e. The molecule has 1 amide bonds. The molecule has 0 saturated carbocycles. The van der Waals surface area contributed by atoms with Gasteiger partial charge >= 0.3 is 0 Å². The summed E-state index contributed by atoms with van der Waals surface area (Å²) in [5, 5.41) is 13.2. The number of aromatic hydroxyl groups is 1. The summed E-state index contributed by atoms with van der Waals surface area (Å²) in [7, 11) is 1.55. The van der Waals surface area contributed by atoms with E-state index < -0.39 is 5.43 Å². The predicted molar refractivity (Wildman–Crippen MR) is 125 cm³/mol. The number of phenolic OH excluding ortho intramolecular Hbond substituents is 1. The Labute approximate surface area is 194 Å². The van der Waals surface area contributed by atoms with Crippen LogP contribution in [0.2, 0.25) is 0 Å². The van der Waals surface area contributed by atoms with Crippen LogP contribution in [0.15, 0.2) is 76.1 Å². The number of carbonyl (C=O) groups is 1. The minimum Gasteiger partial charge on any atom is -0.507 e. The molecule has 0 bridgehead atoms. The van der Waals surface area contributed by atoms with Crippen LogP contribution >= 0.6 is 0 Å². The van der Waals surface area contributed by atoms with E-state index in [9.17, 15) is 19.1 Å². The van der Waals surface area contributed by atoms with Crippen molar-refractivity contribution < 1.29 is 28.2 Å². The molecule has 0 saturated heterocycles. The lowest BCUT2D eigenvalue weighted by atomic mass is 10.0. The lowest BCUT2D eigenvalue weighted by molar-refractivity contribution is -0.123. The molecule has 0 unspecified atom stereocenters. The largest absolute Gasteiger partial charge is 0.507 e. The van der Waals surface area contributed by atoms with Crippen molar-refractivity contribution in [2.24, 2.45) is 0 Å². The number of hydrogen-bond acceptors (Lipinski definition) is 6. The second kappa shape index (κ2) is 10.1. The molecule has 0 aliphatic carbocycles. The molecule has 2 N–H and O–H groups in total. The molecule has 8 heteroatoms. The quantitative estimate of drug-likeness (QED) is 0.409. The molecule has 4 aromatic rings. The number of benzene rings is 3. The Morgan fingerprint density at radius 3 is 2.50 bits per heavy atom. The molecule has 0 aliphatic rings. The maximum absolute atomic E-state index is 13.0. The highest BCUT2D eigenvalue weighted by molar-refractivity contribution is 5.88. The second-order valence-electron chi connectivity index (χ2n) is 7.54. The van der Waals surface area contributed by atoms with Crippen LogP contribution in [0.3, 0.4) is 0 Å². The molecule has 4 rings (SSSR count). The fourth-order valence-electron chi connectivity index (χ4n) is 3.46. The molecular formula is C26H22FNO6. The van der Waals surface area contributed by atoms with Gasteiger partial charge in [0.1, 0.15) is 40.3 Å². The first-order valence-corrected chi connectivity index (χ1v) is 10.5. The third kappa shape index (κ3) is 5.17. The number of amides is 1. The van der Waals surface area contributed by atoms with Gasteiger partial charge in [0.15, 0.2) is 6.61 Å². The van der Waals surface area contributed by atoms with Gasteiger partial charge in [-0.3, -0.25) is 9.59 Å². The van der Waals surface area contributed by atoms with E-state index in [4.69, 9.17) is 13.9 Å². The number of ether oxygens (including phenoxy) is 2. The molecule has 1 aromatic heterocycles. The van der Waals surface area contributed by atoms with Gasteiger partial charge in [-0.25, -0.2) is 4.39 Å². The SMILES string of the molecule is COc1ccc(-c2coc3cc(OCC(=O)NCCc4ccc(F)cc4)cc(O)c3c2=O)cc1. The van der Waals surface area contributed by atoms with Gasteiger partial charge in [0.2, 0.25) is 5.43 Å². The van der Waals surface area contributed by atoms with Crippen LogP contribution in [0.5, 0.6) is 17.2 Å². The van der Waals surface area contributed by atoms with Crippen molar-refractivity contribution in [1.29, 1.82) is 0 Å². The third-order valence-electron chi connectivity index (χ3n) is 5.25. The van der Waals surface area contributed by atoms with Crippen molar-refractivity contribution in [3.05, 3.63) is 88.5 Å². The minimum absolute atomic E-state index is 0.0180. The fraction of sp³-hybridized carbons (Fsp3) is 0.154. The zero-order chi connectivity index (χ0) is 24.1. The van der Waals surface area contributed by atoms with Gasteiger partial charge in [-0.15, -0.1) is 0 Å². The molecular weight excluding hydrogens is 441 g/mol. The average Bonchev–Trinajstić information content (AvgIpc) is 2.84. The summed E-state index contributed by atoms with van der Waals surface area (Å²) < 4.78 is 29.1. The zero-order valence-electron chi connectivity index (χ0n) is 18.3. The number of nitrogens with one attached hydrogen (secondary N) is 1. The first kappa shape index (κ1) is 22.8. The number of rotatable bonds is 8. The monoisotopic (exact) mass is 463 g/mol. The normalized spacial score (nSPS) is 10.8. The van der Waals surface area contributed by atoms with Gasteiger partial charge in [0.25, 0.3) is 5.91 Å². The van der Waals surface area contributed by atoms with Crippen molar-refractivity contribution in [1.82, 2.24) is 5.32 Å². The Hall–Kier alpha value is -4.33. The number of halogens is 1. The average molecular weight is 463 g/mol. The van der Waals surface area contributed by atoms with Crippen LogP contribution in [-0.4, -0.2) is 31.3 Å². The number of phenols is 1. The van der Waals surface area contributed by atoms with E-state index in [1.54, 1.807) is 43.5 Å². The van der Waals surface area contributed by atoms with Gasteiger partial charge in [0, 0.05) is 18.7 Å². The van der Waals surface area contributed by atoms with Crippen LogP contribution in [0.4, 0.5) is 4.39 Å². The number of carbonyl (C=O) groups excluding carboxylic acids is 1. The Bertz CT molecular complexity index is 1360. The van der Waals surface area contributed by atoms with E-state index >= 15 is 0 Å². The van der Waals surface area contributed by atoms with Gasteiger partial charge in [-0.05, 0) is 41.8 Å². The Balaban J connectivity index is 1.42. The minimum atomic E-state index is -0.394. The summed E-state index contributed by atoms with van der Waals surface area (Å²) in [4.78, 5) is 25.0. The molecule has 34 heavy (non-hydrogen) atoms. The summed E-state index contributed by atoms with van der Waals surface area (Å²) in [6.07, 6.45) is 1.86. The zero-order valence-corrected chi connectivity index (χ0v) is 18.3. The number of fused-ring (bicyclic) bond motifs is 1.